The molecule has 6 nitrogen and oxygen atoms in total. The van der Waals surface area contributed by atoms with E-state index in [1.807, 2.05) is 0 Å². The molecule has 0 aliphatic carbocycles. The van der Waals surface area contributed by atoms with Crippen molar-refractivity contribution >= 4 is 17.3 Å². The third-order valence-corrected chi connectivity index (χ3v) is 2.77. The van der Waals surface area contributed by atoms with E-state index in [-0.39, 0.29) is 17.9 Å². The zero-order chi connectivity index (χ0) is 14.6. The van der Waals surface area contributed by atoms with Gasteiger partial charge in [0.1, 0.15) is 11.5 Å². The molecular formula is C12H15FN2O4. The van der Waals surface area contributed by atoms with Gasteiger partial charge in [0.25, 0.3) is 5.69 Å². The minimum Gasteiger partial charge on any atom is -0.481 e. The number of nitro benzene ring substituents is 1. The monoisotopic (exact) mass is 270 g/mol. The molecule has 0 heterocycles. The first-order chi connectivity index (χ1) is 8.86. The van der Waals surface area contributed by atoms with Gasteiger partial charge in [-0.3, -0.25) is 14.9 Å². The molecule has 19 heavy (non-hydrogen) atoms. The summed E-state index contributed by atoms with van der Waals surface area (Å²) in [5.41, 5.74) is -0.138. The van der Waals surface area contributed by atoms with Crippen molar-refractivity contribution in [2.45, 2.75) is 13.8 Å². The fraction of sp³-hybridized carbons (Fsp3) is 0.417. The summed E-state index contributed by atoms with van der Waals surface area (Å²) in [6, 6.07) is 3.26. The molecule has 104 valence electrons. The summed E-state index contributed by atoms with van der Waals surface area (Å²) in [6.07, 6.45) is 0. The largest absolute Gasteiger partial charge is 0.481 e. The number of carboxylic acids is 1. The first kappa shape index (κ1) is 14.9. The van der Waals surface area contributed by atoms with Crippen LogP contribution in [0.15, 0.2) is 18.2 Å². The summed E-state index contributed by atoms with van der Waals surface area (Å²) in [6.45, 7) is 3.78. The Labute approximate surface area is 109 Å². The van der Waals surface area contributed by atoms with E-state index in [1.54, 1.807) is 11.8 Å². The molecule has 0 spiro atoms. The van der Waals surface area contributed by atoms with Crippen molar-refractivity contribution in [2.75, 3.05) is 18.0 Å². The van der Waals surface area contributed by atoms with E-state index in [1.165, 1.54) is 13.0 Å². The molecule has 1 N–H and O–H groups in total. The average Bonchev–Trinajstić information content (AvgIpc) is 2.35. The number of halogens is 1. The van der Waals surface area contributed by atoms with Crippen LogP contribution in [0.5, 0.6) is 0 Å². The quantitative estimate of drug-likeness (QED) is 0.633. The van der Waals surface area contributed by atoms with Gasteiger partial charge in [-0.15, -0.1) is 0 Å². The highest BCUT2D eigenvalue weighted by Crippen LogP contribution is 2.29. The maximum absolute atomic E-state index is 13.0. The Balaban J connectivity index is 3.11. The number of rotatable bonds is 6. The van der Waals surface area contributed by atoms with Crippen LogP contribution in [0.4, 0.5) is 15.8 Å². The minimum atomic E-state index is -0.983. The van der Waals surface area contributed by atoms with E-state index >= 15 is 0 Å². The normalized spacial score (nSPS) is 11.9. The molecule has 1 aromatic carbocycles. The molecule has 0 saturated carbocycles. The number of hydrogen-bond donors (Lipinski definition) is 1. The Kier molecular flexibility index (Phi) is 4.80. The molecule has 7 heteroatoms. The van der Waals surface area contributed by atoms with Crippen LogP contribution < -0.4 is 4.90 Å². The summed E-state index contributed by atoms with van der Waals surface area (Å²) < 4.78 is 13.0. The third-order valence-electron chi connectivity index (χ3n) is 2.77. The van der Waals surface area contributed by atoms with E-state index in [2.05, 4.69) is 0 Å². The lowest BCUT2D eigenvalue weighted by Gasteiger charge is -2.24. The number of nitro groups is 1. The topological polar surface area (TPSA) is 83.7 Å². The van der Waals surface area contributed by atoms with Crippen LogP contribution >= 0.6 is 0 Å². The van der Waals surface area contributed by atoms with E-state index < -0.39 is 22.6 Å². The van der Waals surface area contributed by atoms with Crippen LogP contribution in [0.3, 0.4) is 0 Å². The van der Waals surface area contributed by atoms with Gasteiger partial charge in [-0.2, -0.15) is 0 Å². The predicted octanol–water partition coefficient (Wildman–Crippen LogP) is 2.28. The lowest BCUT2D eigenvalue weighted by molar-refractivity contribution is -0.384. The number of nitrogens with zero attached hydrogens (tertiary/aromatic N) is 2. The van der Waals surface area contributed by atoms with Gasteiger partial charge in [0.05, 0.1) is 16.9 Å². The van der Waals surface area contributed by atoms with Crippen molar-refractivity contribution in [2.24, 2.45) is 5.92 Å². The molecule has 0 radical (unpaired) electrons. The van der Waals surface area contributed by atoms with E-state index in [0.717, 1.165) is 12.1 Å². The van der Waals surface area contributed by atoms with Crippen LogP contribution in [-0.4, -0.2) is 29.1 Å². The number of benzene rings is 1. The molecule has 1 aromatic rings. The number of carboxylic acid groups (broad SMARTS) is 1. The van der Waals surface area contributed by atoms with Crippen LogP contribution in [0.25, 0.3) is 0 Å². The van der Waals surface area contributed by atoms with Gasteiger partial charge in [0.15, 0.2) is 0 Å². The van der Waals surface area contributed by atoms with Crippen molar-refractivity contribution < 1.29 is 19.2 Å². The molecular weight excluding hydrogens is 255 g/mol. The first-order valence-electron chi connectivity index (χ1n) is 5.78. The highest BCUT2D eigenvalue weighted by atomic mass is 19.1. The Bertz CT molecular complexity index is 493. The van der Waals surface area contributed by atoms with Gasteiger partial charge >= 0.3 is 5.97 Å². The van der Waals surface area contributed by atoms with Crippen LogP contribution in [0.2, 0.25) is 0 Å². The predicted molar refractivity (Wildman–Crippen MR) is 67.7 cm³/mol. The first-order valence-corrected chi connectivity index (χ1v) is 5.78. The number of aliphatic carboxylic acids is 1. The van der Waals surface area contributed by atoms with Crippen LogP contribution in [-0.2, 0) is 4.79 Å². The molecule has 0 fully saturated rings. The second kappa shape index (κ2) is 6.12. The van der Waals surface area contributed by atoms with E-state index in [9.17, 15) is 19.3 Å². The van der Waals surface area contributed by atoms with Gasteiger partial charge < -0.3 is 10.0 Å². The molecule has 0 aromatic heterocycles. The highest BCUT2D eigenvalue weighted by molar-refractivity contribution is 5.71. The summed E-state index contributed by atoms with van der Waals surface area (Å²) in [5.74, 6) is -2.36. The Hall–Kier alpha value is -2.18. The number of carbonyl (C=O) groups is 1. The molecule has 0 bridgehead atoms. The van der Waals surface area contributed by atoms with Crippen molar-refractivity contribution in [3.63, 3.8) is 0 Å². The molecule has 0 saturated heterocycles. The van der Waals surface area contributed by atoms with Crippen molar-refractivity contribution in [1.29, 1.82) is 0 Å². The lowest BCUT2D eigenvalue weighted by Crippen LogP contribution is -2.32. The fourth-order valence-corrected chi connectivity index (χ4v) is 1.72. The van der Waals surface area contributed by atoms with E-state index in [4.69, 9.17) is 5.11 Å². The average molecular weight is 270 g/mol. The molecule has 1 unspecified atom stereocenters. The Morgan fingerprint density at radius 2 is 2.21 bits per heavy atom. The summed E-state index contributed by atoms with van der Waals surface area (Å²) >= 11 is 0. The molecule has 0 aliphatic heterocycles. The number of anilines is 1. The SMILES string of the molecule is CCN(CC(C)C(=O)O)c1ccc(F)cc1[N+](=O)[O-]. The standard InChI is InChI=1S/C12H15FN2O4/c1-3-14(7-8(2)12(16)17)10-5-4-9(13)6-11(10)15(18)19/h4-6,8H,3,7H2,1-2H3,(H,16,17). The van der Waals surface area contributed by atoms with E-state index in [0.29, 0.717) is 6.54 Å². The van der Waals surface area contributed by atoms with Gasteiger partial charge in [-0.05, 0) is 19.1 Å². The second-order valence-corrected chi connectivity index (χ2v) is 4.17. The summed E-state index contributed by atoms with van der Waals surface area (Å²) in [5, 5.41) is 19.8. The lowest BCUT2D eigenvalue weighted by atomic mass is 10.1. The maximum atomic E-state index is 13.0. The van der Waals surface area contributed by atoms with Crippen LogP contribution in [0.1, 0.15) is 13.8 Å². The fourth-order valence-electron chi connectivity index (χ4n) is 1.72. The van der Waals surface area contributed by atoms with Gasteiger partial charge in [0.2, 0.25) is 0 Å². The Morgan fingerprint density at radius 1 is 1.58 bits per heavy atom. The molecule has 1 rings (SSSR count). The van der Waals surface area contributed by atoms with Gasteiger partial charge in [-0.1, -0.05) is 6.92 Å². The Morgan fingerprint density at radius 3 is 2.68 bits per heavy atom. The highest BCUT2D eigenvalue weighted by Gasteiger charge is 2.22. The summed E-state index contributed by atoms with van der Waals surface area (Å²) in [4.78, 5) is 22.6. The van der Waals surface area contributed by atoms with Gasteiger partial charge in [-0.25, -0.2) is 4.39 Å². The summed E-state index contributed by atoms with van der Waals surface area (Å²) in [7, 11) is 0. The van der Waals surface area contributed by atoms with Crippen molar-refractivity contribution in [1.82, 2.24) is 0 Å². The number of hydrogen-bond acceptors (Lipinski definition) is 4. The minimum absolute atomic E-state index is 0.123. The molecule has 0 aliphatic rings. The smallest absolute Gasteiger partial charge is 0.308 e. The zero-order valence-electron chi connectivity index (χ0n) is 10.7. The van der Waals surface area contributed by atoms with Gasteiger partial charge in [0, 0.05) is 13.1 Å². The third kappa shape index (κ3) is 3.64. The molecule has 0 amide bonds. The maximum Gasteiger partial charge on any atom is 0.308 e. The van der Waals surface area contributed by atoms with Crippen LogP contribution in [0, 0.1) is 21.8 Å². The molecule has 1 atom stereocenters. The zero-order valence-corrected chi connectivity index (χ0v) is 10.7. The van der Waals surface area contributed by atoms with Crippen molar-refractivity contribution in [3.8, 4) is 0 Å². The second-order valence-electron chi connectivity index (χ2n) is 4.17. The van der Waals surface area contributed by atoms with Crippen molar-refractivity contribution in [3.05, 3.63) is 34.1 Å².